The molecule has 142 valence electrons. The fraction of sp³-hybridized carbons (Fsp3) is 0.211. The molecule has 0 aliphatic heterocycles. The minimum atomic E-state index is -0.502. The van der Waals surface area contributed by atoms with Crippen molar-refractivity contribution in [1.29, 1.82) is 0 Å². The average molecular weight is 378 g/mol. The van der Waals surface area contributed by atoms with Crippen molar-refractivity contribution < 1.29 is 4.79 Å². The molecule has 2 N–H and O–H groups in total. The van der Waals surface area contributed by atoms with E-state index in [2.05, 4.69) is 20.3 Å². The van der Waals surface area contributed by atoms with E-state index in [9.17, 15) is 14.4 Å². The van der Waals surface area contributed by atoms with Gasteiger partial charge in [-0.1, -0.05) is 12.1 Å². The molecule has 0 aliphatic carbocycles. The summed E-state index contributed by atoms with van der Waals surface area (Å²) in [7, 11) is 2.91. The number of carbonyl (C=O) groups is 1. The van der Waals surface area contributed by atoms with Crippen molar-refractivity contribution in [3.63, 3.8) is 0 Å². The molecule has 0 saturated heterocycles. The number of imidazole rings is 1. The molecule has 1 amide bonds. The number of fused-ring (bicyclic) bond motifs is 2. The summed E-state index contributed by atoms with van der Waals surface area (Å²) in [6.07, 6.45) is 0. The quantitative estimate of drug-likeness (QED) is 0.552. The highest BCUT2D eigenvalue weighted by Gasteiger charge is 2.17. The fourth-order valence-corrected chi connectivity index (χ4v) is 3.10. The Morgan fingerprint density at radius 3 is 2.57 bits per heavy atom. The van der Waals surface area contributed by atoms with E-state index in [1.165, 1.54) is 30.8 Å². The Labute approximate surface area is 158 Å². The first-order valence-electron chi connectivity index (χ1n) is 8.69. The number of hydrogen-bond donors (Lipinski definition) is 2. The molecule has 9 heteroatoms. The van der Waals surface area contributed by atoms with E-state index >= 15 is 0 Å². The first kappa shape index (κ1) is 17.7. The molecular weight excluding hydrogens is 360 g/mol. The van der Waals surface area contributed by atoms with Crippen LogP contribution in [0.1, 0.15) is 29.3 Å². The van der Waals surface area contributed by atoms with Gasteiger partial charge in [-0.05, 0) is 31.2 Å². The maximum absolute atomic E-state index is 12.6. The van der Waals surface area contributed by atoms with Gasteiger partial charge >= 0.3 is 5.69 Å². The van der Waals surface area contributed by atoms with Crippen LogP contribution in [-0.2, 0) is 14.1 Å². The van der Waals surface area contributed by atoms with Gasteiger partial charge in [-0.2, -0.15) is 0 Å². The van der Waals surface area contributed by atoms with Crippen LogP contribution in [0.5, 0.6) is 0 Å². The highest BCUT2D eigenvalue weighted by molar-refractivity contribution is 5.94. The predicted octanol–water partition coefficient (Wildman–Crippen LogP) is 0.999. The molecule has 28 heavy (non-hydrogen) atoms. The number of rotatable bonds is 3. The van der Waals surface area contributed by atoms with E-state index in [1.54, 1.807) is 0 Å². The van der Waals surface area contributed by atoms with Gasteiger partial charge < -0.3 is 10.3 Å². The Morgan fingerprint density at radius 1 is 1.07 bits per heavy atom. The first-order chi connectivity index (χ1) is 13.4. The van der Waals surface area contributed by atoms with Crippen molar-refractivity contribution >= 4 is 28.0 Å². The summed E-state index contributed by atoms with van der Waals surface area (Å²) >= 11 is 0. The number of nitrogens with zero attached hydrogens (tertiary/aromatic N) is 4. The lowest BCUT2D eigenvalue weighted by molar-refractivity contribution is 0.0933. The molecule has 4 rings (SSSR count). The van der Waals surface area contributed by atoms with Crippen LogP contribution < -0.4 is 16.6 Å². The van der Waals surface area contributed by atoms with Gasteiger partial charge in [-0.3, -0.25) is 18.7 Å². The fourth-order valence-electron chi connectivity index (χ4n) is 3.10. The van der Waals surface area contributed by atoms with Gasteiger partial charge in [0, 0.05) is 14.1 Å². The van der Waals surface area contributed by atoms with Crippen LogP contribution in [0.3, 0.4) is 0 Å². The summed E-state index contributed by atoms with van der Waals surface area (Å²) in [5, 5.41) is 3.10. The van der Waals surface area contributed by atoms with E-state index in [-0.39, 0.29) is 22.8 Å². The number of aromatic nitrogens is 5. The average Bonchev–Trinajstić information content (AvgIpc) is 3.14. The number of hydrogen-bond acceptors (Lipinski definition) is 5. The van der Waals surface area contributed by atoms with Crippen LogP contribution >= 0.6 is 0 Å². The van der Waals surface area contributed by atoms with Gasteiger partial charge in [0.25, 0.3) is 11.5 Å². The summed E-state index contributed by atoms with van der Waals surface area (Å²) in [4.78, 5) is 48.9. The molecule has 0 aliphatic rings. The number of pyridine rings is 1. The van der Waals surface area contributed by atoms with E-state index in [1.807, 2.05) is 31.2 Å². The standard InChI is InChI=1S/C19H18N6O3/c1-10(15-21-12-6-4-5-7-13(12)22-15)20-17(26)14-9-8-11-16(23-14)24(2)19(28)25(3)18(11)27/h4-10H,1-3H3,(H,20,26)(H,21,22). The highest BCUT2D eigenvalue weighted by Crippen LogP contribution is 2.16. The topological polar surface area (TPSA) is 115 Å². The van der Waals surface area contributed by atoms with Crippen LogP contribution in [0.2, 0.25) is 0 Å². The lowest BCUT2D eigenvalue weighted by Gasteiger charge is -2.12. The largest absolute Gasteiger partial charge is 0.341 e. The zero-order valence-electron chi connectivity index (χ0n) is 15.6. The Hall–Kier alpha value is -3.75. The van der Waals surface area contributed by atoms with E-state index in [4.69, 9.17) is 0 Å². The third-order valence-corrected chi connectivity index (χ3v) is 4.70. The van der Waals surface area contributed by atoms with E-state index in [0.29, 0.717) is 5.82 Å². The Bertz CT molecular complexity index is 1310. The predicted molar refractivity (Wildman–Crippen MR) is 104 cm³/mol. The van der Waals surface area contributed by atoms with Crippen LogP contribution in [-0.4, -0.2) is 30.0 Å². The van der Waals surface area contributed by atoms with E-state index in [0.717, 1.165) is 15.6 Å². The molecule has 0 fully saturated rings. The summed E-state index contributed by atoms with van der Waals surface area (Å²) in [6.45, 7) is 1.81. The number of benzene rings is 1. The van der Waals surface area contributed by atoms with Gasteiger partial charge in [0.15, 0.2) is 0 Å². The van der Waals surface area contributed by atoms with Crippen molar-refractivity contribution in [2.45, 2.75) is 13.0 Å². The number of aryl methyl sites for hydroxylation is 1. The molecule has 1 atom stereocenters. The van der Waals surface area contributed by atoms with Gasteiger partial charge in [-0.15, -0.1) is 0 Å². The SMILES string of the molecule is CC(NC(=O)c1ccc2c(=O)n(C)c(=O)n(C)c2n1)c1nc2ccccc2[nH]1. The number of carbonyl (C=O) groups excluding carboxylic acids is 1. The zero-order valence-corrected chi connectivity index (χ0v) is 15.6. The second-order valence-corrected chi connectivity index (χ2v) is 6.61. The lowest BCUT2D eigenvalue weighted by atomic mass is 10.2. The monoisotopic (exact) mass is 378 g/mol. The molecule has 9 nitrogen and oxygen atoms in total. The van der Waals surface area contributed by atoms with Crippen molar-refractivity contribution in [2.75, 3.05) is 0 Å². The van der Waals surface area contributed by atoms with Crippen molar-refractivity contribution in [3.05, 3.63) is 68.8 Å². The third kappa shape index (κ3) is 2.77. The Balaban J connectivity index is 1.67. The van der Waals surface area contributed by atoms with Crippen LogP contribution in [0, 0.1) is 0 Å². The van der Waals surface area contributed by atoms with Crippen LogP contribution in [0.4, 0.5) is 0 Å². The van der Waals surface area contributed by atoms with Crippen molar-refractivity contribution in [3.8, 4) is 0 Å². The third-order valence-electron chi connectivity index (χ3n) is 4.70. The Kier molecular flexibility index (Phi) is 4.07. The van der Waals surface area contributed by atoms with Gasteiger partial charge in [-0.25, -0.2) is 14.8 Å². The molecule has 0 radical (unpaired) electrons. The lowest BCUT2D eigenvalue weighted by Crippen LogP contribution is -2.37. The van der Waals surface area contributed by atoms with E-state index < -0.39 is 17.2 Å². The molecule has 1 unspecified atom stereocenters. The summed E-state index contributed by atoms with van der Waals surface area (Å²) < 4.78 is 2.25. The minimum absolute atomic E-state index is 0.110. The molecule has 3 aromatic heterocycles. The summed E-state index contributed by atoms with van der Waals surface area (Å²) in [5.74, 6) is 0.194. The molecular formula is C19H18N6O3. The number of amides is 1. The molecule has 0 saturated carbocycles. The molecule has 4 aromatic rings. The van der Waals surface area contributed by atoms with Crippen LogP contribution in [0.25, 0.3) is 22.1 Å². The van der Waals surface area contributed by atoms with Crippen molar-refractivity contribution in [2.24, 2.45) is 14.1 Å². The number of aromatic amines is 1. The second-order valence-electron chi connectivity index (χ2n) is 6.61. The summed E-state index contributed by atoms with van der Waals surface area (Å²) in [5.41, 5.74) is 1.02. The number of H-pyrrole nitrogens is 1. The second kappa shape index (κ2) is 6.45. The van der Waals surface area contributed by atoms with Crippen LogP contribution in [0.15, 0.2) is 46.0 Å². The minimum Gasteiger partial charge on any atom is -0.341 e. The Morgan fingerprint density at radius 2 is 1.82 bits per heavy atom. The summed E-state index contributed by atoms with van der Waals surface area (Å²) in [6, 6.07) is 10.2. The van der Waals surface area contributed by atoms with Gasteiger partial charge in [0.2, 0.25) is 0 Å². The normalized spacial score (nSPS) is 12.4. The molecule has 3 heterocycles. The highest BCUT2D eigenvalue weighted by atomic mass is 16.2. The molecule has 1 aromatic carbocycles. The zero-order chi connectivity index (χ0) is 20.0. The van der Waals surface area contributed by atoms with Gasteiger partial charge in [0.1, 0.15) is 17.2 Å². The number of nitrogens with one attached hydrogen (secondary N) is 2. The molecule has 0 spiro atoms. The smallest absolute Gasteiger partial charge is 0.332 e. The maximum atomic E-state index is 12.6. The number of para-hydroxylation sites is 2. The molecule has 0 bridgehead atoms. The maximum Gasteiger partial charge on any atom is 0.332 e. The first-order valence-corrected chi connectivity index (χ1v) is 8.69. The van der Waals surface area contributed by atoms with Crippen molar-refractivity contribution in [1.82, 2.24) is 29.4 Å². The van der Waals surface area contributed by atoms with Gasteiger partial charge in [0.05, 0.1) is 22.5 Å².